The van der Waals surface area contributed by atoms with Crippen LogP contribution in [0.3, 0.4) is 0 Å². The zero-order chi connectivity index (χ0) is 14.2. The van der Waals surface area contributed by atoms with Crippen LogP contribution in [0.1, 0.15) is 19.3 Å². The summed E-state index contributed by atoms with van der Waals surface area (Å²) in [5.74, 6) is 1.73. The molecule has 0 amide bonds. The summed E-state index contributed by atoms with van der Waals surface area (Å²) in [5, 5.41) is 9.53. The van der Waals surface area contributed by atoms with Gasteiger partial charge in [0.25, 0.3) is 0 Å². The minimum atomic E-state index is -3.43. The Morgan fingerprint density at radius 2 is 1.75 bits per heavy atom. The molecule has 4 unspecified atom stereocenters. The van der Waals surface area contributed by atoms with E-state index in [4.69, 9.17) is 0 Å². The zero-order valence-corrected chi connectivity index (χ0v) is 12.2. The second-order valence-electron chi connectivity index (χ2n) is 6.01. The normalized spacial score (nSPS) is 32.6. The standard InChI is InChI=1S/C15H21NO3S/c17-10-15-12-7-6-11(8-12)14(15)9-16-20(18,19)13-4-2-1-3-5-13/h1-5,11-12,14-17H,6-10H2. The van der Waals surface area contributed by atoms with Gasteiger partial charge in [0.15, 0.2) is 0 Å². The van der Waals surface area contributed by atoms with Gasteiger partial charge >= 0.3 is 0 Å². The predicted molar refractivity (Wildman–Crippen MR) is 76.5 cm³/mol. The quantitative estimate of drug-likeness (QED) is 0.867. The molecule has 2 bridgehead atoms. The van der Waals surface area contributed by atoms with Crippen LogP contribution in [-0.4, -0.2) is 26.7 Å². The maximum absolute atomic E-state index is 12.2. The number of sulfonamides is 1. The van der Waals surface area contributed by atoms with Crippen molar-refractivity contribution >= 4 is 10.0 Å². The van der Waals surface area contributed by atoms with E-state index in [-0.39, 0.29) is 18.4 Å². The molecule has 0 radical (unpaired) electrons. The first kappa shape index (κ1) is 14.0. The van der Waals surface area contributed by atoms with Crippen molar-refractivity contribution in [2.45, 2.75) is 24.2 Å². The van der Waals surface area contributed by atoms with Crippen molar-refractivity contribution in [3.63, 3.8) is 0 Å². The van der Waals surface area contributed by atoms with Gasteiger partial charge in [-0.25, -0.2) is 13.1 Å². The van der Waals surface area contributed by atoms with E-state index in [2.05, 4.69) is 4.72 Å². The molecule has 0 spiro atoms. The van der Waals surface area contributed by atoms with E-state index in [9.17, 15) is 13.5 Å². The molecule has 0 heterocycles. The Hall–Kier alpha value is -0.910. The van der Waals surface area contributed by atoms with Crippen molar-refractivity contribution in [2.24, 2.45) is 23.7 Å². The van der Waals surface area contributed by atoms with Crippen LogP contribution in [0.4, 0.5) is 0 Å². The van der Waals surface area contributed by atoms with Crippen molar-refractivity contribution in [1.82, 2.24) is 4.72 Å². The highest BCUT2D eigenvalue weighted by Crippen LogP contribution is 2.51. The van der Waals surface area contributed by atoms with Crippen LogP contribution in [0.15, 0.2) is 35.2 Å². The number of hydrogen-bond acceptors (Lipinski definition) is 3. The van der Waals surface area contributed by atoms with E-state index in [0.29, 0.717) is 23.3 Å². The van der Waals surface area contributed by atoms with E-state index in [1.807, 2.05) is 0 Å². The van der Waals surface area contributed by atoms with Crippen LogP contribution < -0.4 is 4.72 Å². The highest BCUT2D eigenvalue weighted by atomic mass is 32.2. The fourth-order valence-electron chi connectivity index (χ4n) is 4.02. The van der Waals surface area contributed by atoms with Crippen molar-refractivity contribution in [3.8, 4) is 0 Å². The van der Waals surface area contributed by atoms with Gasteiger partial charge in [0.2, 0.25) is 10.0 Å². The van der Waals surface area contributed by atoms with Gasteiger partial charge in [-0.15, -0.1) is 0 Å². The molecule has 2 N–H and O–H groups in total. The van der Waals surface area contributed by atoms with Crippen LogP contribution in [-0.2, 0) is 10.0 Å². The van der Waals surface area contributed by atoms with E-state index < -0.39 is 10.0 Å². The molecule has 2 aliphatic carbocycles. The fourth-order valence-corrected chi connectivity index (χ4v) is 5.12. The number of aliphatic hydroxyl groups excluding tert-OH is 1. The lowest BCUT2D eigenvalue weighted by molar-refractivity contribution is 0.126. The molecular formula is C15H21NO3S. The Balaban J connectivity index is 1.68. The highest BCUT2D eigenvalue weighted by molar-refractivity contribution is 7.89. The summed E-state index contributed by atoms with van der Waals surface area (Å²) in [6.45, 7) is 0.627. The molecule has 3 rings (SSSR count). The topological polar surface area (TPSA) is 66.4 Å². The fraction of sp³-hybridized carbons (Fsp3) is 0.600. The monoisotopic (exact) mass is 295 g/mol. The Bertz CT molecular complexity index is 558. The third-order valence-electron chi connectivity index (χ3n) is 5.05. The van der Waals surface area contributed by atoms with Gasteiger partial charge in [0.05, 0.1) is 4.90 Å². The summed E-state index contributed by atoms with van der Waals surface area (Å²) in [4.78, 5) is 0.309. The summed E-state index contributed by atoms with van der Waals surface area (Å²) in [7, 11) is -3.43. The van der Waals surface area contributed by atoms with Gasteiger partial charge in [-0.3, -0.25) is 0 Å². The van der Waals surface area contributed by atoms with Crippen LogP contribution in [0.25, 0.3) is 0 Å². The molecule has 110 valence electrons. The number of hydrogen-bond donors (Lipinski definition) is 2. The Kier molecular flexibility index (Phi) is 3.84. The molecule has 1 aromatic rings. The Morgan fingerprint density at radius 1 is 1.10 bits per heavy atom. The first-order chi connectivity index (χ1) is 9.62. The van der Waals surface area contributed by atoms with Crippen LogP contribution >= 0.6 is 0 Å². The Labute approximate surface area is 120 Å². The van der Waals surface area contributed by atoms with E-state index >= 15 is 0 Å². The second kappa shape index (κ2) is 5.47. The van der Waals surface area contributed by atoms with Crippen molar-refractivity contribution in [2.75, 3.05) is 13.2 Å². The van der Waals surface area contributed by atoms with Crippen LogP contribution in [0, 0.1) is 23.7 Å². The summed E-state index contributed by atoms with van der Waals surface area (Å²) >= 11 is 0. The largest absolute Gasteiger partial charge is 0.396 e. The molecule has 5 heteroatoms. The molecule has 20 heavy (non-hydrogen) atoms. The van der Waals surface area contributed by atoms with Crippen molar-refractivity contribution in [3.05, 3.63) is 30.3 Å². The third kappa shape index (κ3) is 2.50. The van der Waals surface area contributed by atoms with Gasteiger partial charge in [-0.2, -0.15) is 0 Å². The van der Waals surface area contributed by atoms with Crippen molar-refractivity contribution < 1.29 is 13.5 Å². The van der Waals surface area contributed by atoms with Crippen molar-refractivity contribution in [1.29, 1.82) is 0 Å². The molecule has 4 atom stereocenters. The lowest BCUT2D eigenvalue weighted by atomic mass is 9.80. The van der Waals surface area contributed by atoms with E-state index in [0.717, 1.165) is 6.42 Å². The zero-order valence-electron chi connectivity index (χ0n) is 11.4. The van der Waals surface area contributed by atoms with Crippen LogP contribution in [0.2, 0.25) is 0 Å². The molecule has 0 aliphatic heterocycles. The summed E-state index contributed by atoms with van der Waals surface area (Å²) in [6, 6.07) is 8.46. The molecule has 2 saturated carbocycles. The first-order valence-corrected chi connectivity index (χ1v) is 8.75. The van der Waals surface area contributed by atoms with Gasteiger partial charge in [0.1, 0.15) is 0 Å². The Morgan fingerprint density at radius 3 is 2.40 bits per heavy atom. The van der Waals surface area contributed by atoms with Crippen LogP contribution in [0.5, 0.6) is 0 Å². The van der Waals surface area contributed by atoms with E-state index in [1.54, 1.807) is 30.3 Å². The van der Waals surface area contributed by atoms with E-state index in [1.165, 1.54) is 12.8 Å². The summed E-state index contributed by atoms with van der Waals surface area (Å²) in [5.41, 5.74) is 0. The molecule has 0 aromatic heterocycles. The van der Waals surface area contributed by atoms with Gasteiger partial charge in [0, 0.05) is 13.2 Å². The summed E-state index contributed by atoms with van der Waals surface area (Å²) in [6.07, 6.45) is 3.53. The van der Waals surface area contributed by atoms with Gasteiger partial charge < -0.3 is 5.11 Å². The van der Waals surface area contributed by atoms with Gasteiger partial charge in [-0.05, 0) is 55.1 Å². The number of nitrogens with one attached hydrogen (secondary N) is 1. The predicted octanol–water partition coefficient (Wildman–Crippen LogP) is 1.62. The molecule has 0 saturated heterocycles. The molecular weight excluding hydrogens is 274 g/mol. The lowest BCUT2D eigenvalue weighted by Crippen LogP contribution is -2.36. The average molecular weight is 295 g/mol. The maximum atomic E-state index is 12.2. The minimum absolute atomic E-state index is 0.179. The number of fused-ring (bicyclic) bond motifs is 2. The number of rotatable bonds is 5. The first-order valence-electron chi connectivity index (χ1n) is 7.27. The SMILES string of the molecule is O=S(=O)(NCC1C2CCC(C2)C1CO)c1ccccc1. The smallest absolute Gasteiger partial charge is 0.240 e. The number of aliphatic hydroxyl groups is 1. The highest BCUT2D eigenvalue weighted by Gasteiger charge is 2.47. The summed E-state index contributed by atoms with van der Waals surface area (Å²) < 4.78 is 27.2. The number of benzene rings is 1. The maximum Gasteiger partial charge on any atom is 0.240 e. The van der Waals surface area contributed by atoms with Gasteiger partial charge in [-0.1, -0.05) is 18.2 Å². The molecule has 4 nitrogen and oxygen atoms in total. The minimum Gasteiger partial charge on any atom is -0.396 e. The third-order valence-corrected chi connectivity index (χ3v) is 6.49. The second-order valence-corrected chi connectivity index (χ2v) is 7.78. The molecule has 2 fully saturated rings. The molecule has 1 aromatic carbocycles. The lowest BCUT2D eigenvalue weighted by Gasteiger charge is -2.29. The molecule has 2 aliphatic rings. The average Bonchev–Trinajstić information content (AvgIpc) is 3.06.